The zero-order valence-corrected chi connectivity index (χ0v) is 12.7. The quantitative estimate of drug-likeness (QED) is 0.796. The summed E-state index contributed by atoms with van der Waals surface area (Å²) in [7, 11) is 0. The van der Waals surface area contributed by atoms with Gasteiger partial charge in [-0.15, -0.1) is 0 Å². The van der Waals surface area contributed by atoms with E-state index in [4.69, 9.17) is 5.73 Å². The van der Waals surface area contributed by atoms with Crippen LogP contribution in [0, 0.1) is 26.7 Å². The van der Waals surface area contributed by atoms with E-state index in [0.29, 0.717) is 5.92 Å². The van der Waals surface area contributed by atoms with Crippen molar-refractivity contribution in [3.8, 4) is 0 Å². The Morgan fingerprint density at radius 3 is 2.00 bits per heavy atom. The highest BCUT2D eigenvalue weighted by molar-refractivity contribution is 5.38. The summed E-state index contributed by atoms with van der Waals surface area (Å²) >= 11 is 0. The predicted molar refractivity (Wildman–Crippen MR) is 80.9 cm³/mol. The first-order valence-corrected chi connectivity index (χ1v) is 7.43. The molecule has 0 bridgehead atoms. The van der Waals surface area contributed by atoms with Gasteiger partial charge >= 0.3 is 0 Å². The molecule has 1 atom stereocenters. The minimum Gasteiger partial charge on any atom is -0.324 e. The summed E-state index contributed by atoms with van der Waals surface area (Å²) in [5.74, 6) is 0.709. The monoisotopic (exact) mass is 247 g/mol. The van der Waals surface area contributed by atoms with Gasteiger partial charge < -0.3 is 5.73 Å². The number of rotatable bonds is 2. The highest BCUT2D eigenvalue weighted by atomic mass is 14.7. The summed E-state index contributed by atoms with van der Waals surface area (Å²) in [5, 5.41) is 0. The van der Waals surface area contributed by atoms with Crippen LogP contribution in [0.2, 0.25) is 0 Å². The molecule has 0 radical (unpaired) electrons. The van der Waals surface area contributed by atoms with Gasteiger partial charge in [-0.1, -0.05) is 38.8 Å². The Labute approximate surface area is 113 Å². The molecule has 1 fully saturated rings. The van der Waals surface area contributed by atoms with Gasteiger partial charge in [-0.05, 0) is 61.8 Å². The summed E-state index contributed by atoms with van der Waals surface area (Å²) in [6, 6.07) is 4.83. The molecule has 102 valence electrons. The van der Waals surface area contributed by atoms with Crippen molar-refractivity contribution < 1.29 is 0 Å². The Kier molecular flexibility index (Phi) is 5.87. The lowest BCUT2D eigenvalue weighted by Gasteiger charge is -2.22. The third-order valence-electron chi connectivity index (χ3n) is 4.15. The van der Waals surface area contributed by atoms with Crippen LogP contribution in [0.25, 0.3) is 0 Å². The molecule has 1 unspecified atom stereocenters. The van der Waals surface area contributed by atoms with Gasteiger partial charge in [-0.25, -0.2) is 0 Å². The molecule has 0 heterocycles. The van der Waals surface area contributed by atoms with Crippen LogP contribution in [-0.4, -0.2) is 0 Å². The zero-order chi connectivity index (χ0) is 13.7. The lowest BCUT2D eigenvalue weighted by Crippen LogP contribution is -2.20. The van der Waals surface area contributed by atoms with Gasteiger partial charge in [0.25, 0.3) is 0 Å². The van der Waals surface area contributed by atoms with Gasteiger partial charge in [0.05, 0.1) is 0 Å². The minimum absolute atomic E-state index is 0.252. The van der Waals surface area contributed by atoms with Crippen molar-refractivity contribution in [1.82, 2.24) is 0 Å². The normalized spacial score (nSPS) is 17.2. The first-order chi connectivity index (χ1) is 8.59. The maximum atomic E-state index is 6.42. The molecule has 1 aromatic carbocycles. The van der Waals surface area contributed by atoms with Crippen molar-refractivity contribution in [2.24, 2.45) is 11.7 Å². The second-order valence-electron chi connectivity index (χ2n) is 5.36. The molecule has 2 N–H and O–H groups in total. The summed E-state index contributed by atoms with van der Waals surface area (Å²) < 4.78 is 0. The van der Waals surface area contributed by atoms with E-state index in [1.54, 1.807) is 0 Å². The standard InChI is InChI=1S/C15H23N.C2H6/c1-10-8-12(3)14(9-11(10)2)15(16)13-6-4-5-7-13;1-2/h8-9,13,15H,4-7,16H2,1-3H3;1-2H3. The fourth-order valence-electron chi connectivity index (χ4n) is 2.91. The molecule has 1 aliphatic carbocycles. The smallest absolute Gasteiger partial charge is 0.0326 e. The molecule has 0 aromatic heterocycles. The number of hydrogen-bond acceptors (Lipinski definition) is 1. The van der Waals surface area contributed by atoms with E-state index in [0.717, 1.165) is 0 Å². The van der Waals surface area contributed by atoms with E-state index in [1.807, 2.05) is 13.8 Å². The van der Waals surface area contributed by atoms with E-state index >= 15 is 0 Å². The molecule has 18 heavy (non-hydrogen) atoms. The molecule has 2 rings (SSSR count). The highest BCUT2D eigenvalue weighted by Crippen LogP contribution is 2.35. The fourth-order valence-corrected chi connectivity index (χ4v) is 2.91. The van der Waals surface area contributed by atoms with Gasteiger partial charge in [0.1, 0.15) is 0 Å². The van der Waals surface area contributed by atoms with Crippen LogP contribution >= 0.6 is 0 Å². The maximum absolute atomic E-state index is 6.42. The molecule has 0 amide bonds. The molecule has 1 aromatic rings. The van der Waals surface area contributed by atoms with Crippen LogP contribution in [-0.2, 0) is 0 Å². The van der Waals surface area contributed by atoms with Gasteiger partial charge in [-0.2, -0.15) is 0 Å². The van der Waals surface area contributed by atoms with E-state index in [-0.39, 0.29) is 6.04 Å². The topological polar surface area (TPSA) is 26.0 Å². The SMILES string of the molecule is CC.Cc1cc(C)c(C(N)C2CCCC2)cc1C. The molecular weight excluding hydrogens is 218 g/mol. The van der Waals surface area contributed by atoms with Crippen LogP contribution < -0.4 is 5.73 Å². The second kappa shape index (κ2) is 6.94. The van der Waals surface area contributed by atoms with Gasteiger partial charge in [0.15, 0.2) is 0 Å². The molecule has 1 nitrogen and oxygen atoms in total. The molecule has 1 saturated carbocycles. The van der Waals surface area contributed by atoms with Crippen LogP contribution in [0.1, 0.15) is 67.8 Å². The molecule has 0 aliphatic heterocycles. The number of aryl methyl sites for hydroxylation is 3. The van der Waals surface area contributed by atoms with Crippen molar-refractivity contribution in [1.29, 1.82) is 0 Å². The number of benzene rings is 1. The summed E-state index contributed by atoms with van der Waals surface area (Å²) in [6.07, 6.45) is 5.35. The van der Waals surface area contributed by atoms with Gasteiger partial charge in [-0.3, -0.25) is 0 Å². The van der Waals surface area contributed by atoms with E-state index < -0.39 is 0 Å². The van der Waals surface area contributed by atoms with Crippen molar-refractivity contribution in [2.45, 2.75) is 66.3 Å². The first kappa shape index (κ1) is 15.2. The Bertz CT molecular complexity index is 375. The van der Waals surface area contributed by atoms with E-state index in [9.17, 15) is 0 Å². The molecule has 0 spiro atoms. The van der Waals surface area contributed by atoms with Crippen molar-refractivity contribution >= 4 is 0 Å². The second-order valence-corrected chi connectivity index (χ2v) is 5.36. The lowest BCUT2D eigenvalue weighted by atomic mass is 9.88. The van der Waals surface area contributed by atoms with E-state index in [1.165, 1.54) is 47.9 Å². The zero-order valence-electron chi connectivity index (χ0n) is 12.7. The fraction of sp³-hybridized carbons (Fsp3) is 0.647. The third-order valence-corrected chi connectivity index (χ3v) is 4.15. The summed E-state index contributed by atoms with van der Waals surface area (Å²) in [4.78, 5) is 0. The van der Waals surface area contributed by atoms with Crippen molar-refractivity contribution in [2.75, 3.05) is 0 Å². The minimum atomic E-state index is 0.252. The first-order valence-electron chi connectivity index (χ1n) is 7.43. The number of hydrogen-bond donors (Lipinski definition) is 1. The Hall–Kier alpha value is -0.820. The van der Waals surface area contributed by atoms with E-state index in [2.05, 4.69) is 32.9 Å². The van der Waals surface area contributed by atoms with Crippen LogP contribution in [0.3, 0.4) is 0 Å². The largest absolute Gasteiger partial charge is 0.324 e. The Morgan fingerprint density at radius 2 is 1.44 bits per heavy atom. The van der Waals surface area contributed by atoms with Crippen LogP contribution in [0.15, 0.2) is 12.1 Å². The molecule has 1 heteroatoms. The highest BCUT2D eigenvalue weighted by Gasteiger charge is 2.24. The van der Waals surface area contributed by atoms with Crippen LogP contribution in [0.4, 0.5) is 0 Å². The average molecular weight is 247 g/mol. The average Bonchev–Trinajstić information content (AvgIpc) is 2.89. The summed E-state index contributed by atoms with van der Waals surface area (Å²) in [5.41, 5.74) is 11.9. The maximum Gasteiger partial charge on any atom is 0.0326 e. The van der Waals surface area contributed by atoms with Crippen molar-refractivity contribution in [3.63, 3.8) is 0 Å². The Morgan fingerprint density at radius 1 is 0.944 bits per heavy atom. The number of nitrogens with two attached hydrogens (primary N) is 1. The molecular formula is C17H29N. The third kappa shape index (κ3) is 3.35. The van der Waals surface area contributed by atoms with Gasteiger partial charge in [0.2, 0.25) is 0 Å². The lowest BCUT2D eigenvalue weighted by molar-refractivity contribution is 0.443. The summed E-state index contributed by atoms with van der Waals surface area (Å²) in [6.45, 7) is 10.5. The van der Waals surface area contributed by atoms with Crippen LogP contribution in [0.5, 0.6) is 0 Å². The molecule has 0 saturated heterocycles. The van der Waals surface area contributed by atoms with Crippen molar-refractivity contribution in [3.05, 3.63) is 34.4 Å². The van der Waals surface area contributed by atoms with Gasteiger partial charge in [0, 0.05) is 6.04 Å². The molecule has 1 aliphatic rings. The Balaban J connectivity index is 0.000000771. The predicted octanol–water partition coefficient (Wildman–Crippen LogP) is 4.83.